The maximum atomic E-state index is 14.6. The molecule has 1 saturated carbocycles. The SMILES string of the molecule is Fc1cc(OC(F)(F)c2ccc(C3CCC(C4CCCC4)CO3)cc2)cc(F)c1OC(F)(F)F. The number of alkyl halides is 5. The van der Waals surface area contributed by atoms with E-state index in [1.807, 2.05) is 0 Å². The predicted molar refractivity (Wildman–Crippen MR) is 107 cm³/mol. The van der Waals surface area contributed by atoms with Crippen LogP contribution < -0.4 is 9.47 Å². The van der Waals surface area contributed by atoms with Gasteiger partial charge in [0.2, 0.25) is 5.75 Å². The Morgan fingerprint density at radius 3 is 1.91 bits per heavy atom. The van der Waals surface area contributed by atoms with Crippen LogP contribution in [0.25, 0.3) is 0 Å². The zero-order valence-electron chi connectivity index (χ0n) is 18.0. The van der Waals surface area contributed by atoms with Crippen molar-refractivity contribution in [3.63, 3.8) is 0 Å². The van der Waals surface area contributed by atoms with E-state index in [4.69, 9.17) is 4.74 Å². The van der Waals surface area contributed by atoms with Crippen LogP contribution in [0.15, 0.2) is 36.4 Å². The van der Waals surface area contributed by atoms with Crippen LogP contribution in [0.4, 0.5) is 30.7 Å². The average molecular weight is 492 g/mol. The van der Waals surface area contributed by atoms with Crippen LogP contribution in [-0.2, 0) is 10.8 Å². The molecule has 1 heterocycles. The van der Waals surface area contributed by atoms with E-state index >= 15 is 0 Å². The number of halogens is 7. The standard InChI is InChI=1S/C24H23F7O3/c25-19-11-18(12-20(26)22(19)34-24(29,30)31)33-23(27,28)17-8-5-15(6-9-17)21-10-7-16(13-32-21)14-3-1-2-4-14/h5-6,8-9,11-12,14,16,21H,1-4,7,10,13H2. The smallest absolute Gasteiger partial charge is 0.429 e. The Labute approximate surface area is 191 Å². The molecule has 1 saturated heterocycles. The highest BCUT2D eigenvalue weighted by Crippen LogP contribution is 2.41. The van der Waals surface area contributed by atoms with Gasteiger partial charge in [-0.15, -0.1) is 13.2 Å². The third-order valence-corrected chi connectivity index (χ3v) is 6.43. The first-order valence-electron chi connectivity index (χ1n) is 11.1. The van der Waals surface area contributed by atoms with Crippen molar-refractivity contribution in [1.82, 2.24) is 0 Å². The molecule has 2 unspecified atom stereocenters. The van der Waals surface area contributed by atoms with Gasteiger partial charge in [0.1, 0.15) is 5.75 Å². The number of ether oxygens (including phenoxy) is 3. The minimum Gasteiger partial charge on any atom is -0.429 e. The summed E-state index contributed by atoms with van der Waals surface area (Å²) in [6.45, 7) is 0.640. The highest BCUT2D eigenvalue weighted by atomic mass is 19.4. The van der Waals surface area contributed by atoms with Gasteiger partial charge in [-0.1, -0.05) is 37.8 Å². The Morgan fingerprint density at radius 2 is 1.38 bits per heavy atom. The molecular weight excluding hydrogens is 469 g/mol. The normalized spacial score (nSPS) is 22.1. The summed E-state index contributed by atoms with van der Waals surface area (Å²) >= 11 is 0. The van der Waals surface area contributed by atoms with Gasteiger partial charge in [0, 0.05) is 12.1 Å². The molecule has 0 radical (unpaired) electrons. The van der Waals surface area contributed by atoms with Crippen LogP contribution in [0.5, 0.6) is 11.5 Å². The first-order chi connectivity index (χ1) is 16.0. The minimum absolute atomic E-state index is 0.197. The summed E-state index contributed by atoms with van der Waals surface area (Å²) < 4.78 is 107. The molecule has 0 amide bonds. The Hall–Kier alpha value is -2.49. The van der Waals surface area contributed by atoms with Crippen LogP contribution in [-0.4, -0.2) is 13.0 Å². The molecule has 2 aliphatic rings. The highest BCUT2D eigenvalue weighted by Gasteiger charge is 2.38. The summed E-state index contributed by atoms with van der Waals surface area (Å²) in [6.07, 6.45) is -2.77. The highest BCUT2D eigenvalue weighted by molar-refractivity contribution is 5.36. The number of hydrogen-bond donors (Lipinski definition) is 0. The Kier molecular flexibility index (Phi) is 6.98. The van der Waals surface area contributed by atoms with Gasteiger partial charge in [-0.05, 0) is 42.4 Å². The van der Waals surface area contributed by atoms with Gasteiger partial charge in [0.25, 0.3) is 0 Å². The van der Waals surface area contributed by atoms with Gasteiger partial charge in [-0.2, -0.15) is 8.78 Å². The van der Waals surface area contributed by atoms with Crippen LogP contribution in [0, 0.1) is 23.5 Å². The molecule has 0 bridgehead atoms. The van der Waals surface area contributed by atoms with E-state index in [1.165, 1.54) is 37.8 Å². The van der Waals surface area contributed by atoms with Crippen LogP contribution in [0.2, 0.25) is 0 Å². The molecule has 10 heteroatoms. The fourth-order valence-corrected chi connectivity index (χ4v) is 4.74. The lowest BCUT2D eigenvalue weighted by Crippen LogP contribution is -2.26. The molecule has 3 nitrogen and oxygen atoms in total. The quantitative estimate of drug-likeness (QED) is 0.388. The molecule has 4 rings (SSSR count). The molecule has 186 valence electrons. The molecule has 1 aliphatic heterocycles. The van der Waals surface area contributed by atoms with Crippen molar-refractivity contribution in [3.8, 4) is 11.5 Å². The molecule has 2 aromatic carbocycles. The van der Waals surface area contributed by atoms with Crippen LogP contribution in [0.3, 0.4) is 0 Å². The van der Waals surface area contributed by atoms with E-state index in [2.05, 4.69) is 9.47 Å². The number of benzene rings is 2. The molecule has 2 aromatic rings. The van der Waals surface area contributed by atoms with E-state index in [9.17, 15) is 30.7 Å². The van der Waals surface area contributed by atoms with Crippen molar-refractivity contribution in [1.29, 1.82) is 0 Å². The molecule has 2 atom stereocenters. The summed E-state index contributed by atoms with van der Waals surface area (Å²) in [6, 6.07) is 5.60. The molecule has 0 N–H and O–H groups in total. The fraction of sp³-hybridized carbons (Fsp3) is 0.500. The van der Waals surface area contributed by atoms with Gasteiger partial charge >= 0.3 is 12.5 Å². The molecular formula is C24H23F7O3. The minimum atomic E-state index is -5.35. The van der Waals surface area contributed by atoms with Gasteiger partial charge in [-0.25, -0.2) is 8.78 Å². The van der Waals surface area contributed by atoms with Gasteiger partial charge in [0.05, 0.1) is 18.3 Å². The summed E-state index contributed by atoms with van der Waals surface area (Å²) in [5, 5.41) is 0. The second kappa shape index (κ2) is 9.64. The zero-order valence-corrected chi connectivity index (χ0v) is 18.0. The topological polar surface area (TPSA) is 27.7 Å². The molecule has 0 aromatic heterocycles. The maximum absolute atomic E-state index is 14.6. The van der Waals surface area contributed by atoms with Gasteiger partial charge in [0.15, 0.2) is 11.6 Å². The Balaban J connectivity index is 1.40. The summed E-state index contributed by atoms with van der Waals surface area (Å²) in [5.41, 5.74) is 0.141. The van der Waals surface area contributed by atoms with E-state index in [-0.39, 0.29) is 18.2 Å². The monoisotopic (exact) mass is 492 g/mol. The van der Waals surface area contributed by atoms with E-state index in [0.717, 1.165) is 30.5 Å². The van der Waals surface area contributed by atoms with Gasteiger partial charge < -0.3 is 14.2 Å². The summed E-state index contributed by atoms with van der Waals surface area (Å²) in [7, 11) is 0. The van der Waals surface area contributed by atoms with Crippen LogP contribution in [0.1, 0.15) is 55.8 Å². The Bertz CT molecular complexity index is 954. The van der Waals surface area contributed by atoms with Crippen molar-refractivity contribution in [2.75, 3.05) is 6.61 Å². The van der Waals surface area contributed by atoms with Crippen molar-refractivity contribution in [2.45, 2.75) is 57.1 Å². The maximum Gasteiger partial charge on any atom is 0.573 e. The van der Waals surface area contributed by atoms with Gasteiger partial charge in [-0.3, -0.25) is 0 Å². The summed E-state index contributed by atoms with van der Waals surface area (Å²) in [4.78, 5) is 0. The predicted octanol–water partition coefficient (Wildman–Crippen LogP) is 7.65. The number of hydrogen-bond acceptors (Lipinski definition) is 3. The second-order valence-corrected chi connectivity index (χ2v) is 8.71. The van der Waals surface area contributed by atoms with Crippen molar-refractivity contribution in [3.05, 3.63) is 59.2 Å². The molecule has 2 fully saturated rings. The van der Waals surface area contributed by atoms with Crippen molar-refractivity contribution >= 4 is 0 Å². The zero-order chi connectivity index (χ0) is 24.5. The largest absolute Gasteiger partial charge is 0.573 e. The third-order valence-electron chi connectivity index (χ3n) is 6.43. The Morgan fingerprint density at radius 1 is 0.765 bits per heavy atom. The molecule has 0 spiro atoms. The lowest BCUT2D eigenvalue weighted by Gasteiger charge is -2.32. The van der Waals surface area contributed by atoms with E-state index in [1.54, 1.807) is 0 Å². The third kappa shape index (κ3) is 5.76. The van der Waals surface area contributed by atoms with Crippen molar-refractivity contribution < 1.29 is 44.9 Å². The van der Waals surface area contributed by atoms with E-state index < -0.39 is 41.2 Å². The lowest BCUT2D eigenvalue weighted by molar-refractivity contribution is -0.276. The first-order valence-corrected chi connectivity index (χ1v) is 11.1. The average Bonchev–Trinajstić information content (AvgIpc) is 3.31. The molecule has 34 heavy (non-hydrogen) atoms. The fourth-order valence-electron chi connectivity index (χ4n) is 4.74. The second-order valence-electron chi connectivity index (χ2n) is 8.71. The van der Waals surface area contributed by atoms with Crippen LogP contribution >= 0.6 is 0 Å². The van der Waals surface area contributed by atoms with E-state index in [0.29, 0.717) is 18.4 Å². The first kappa shape index (κ1) is 24.6. The summed E-state index contributed by atoms with van der Waals surface area (Å²) in [5.74, 6) is -5.18. The lowest BCUT2D eigenvalue weighted by atomic mass is 9.84. The number of rotatable bonds is 6. The van der Waals surface area contributed by atoms with Crippen molar-refractivity contribution in [2.24, 2.45) is 11.8 Å². The molecule has 1 aliphatic carbocycles.